The zero-order chi connectivity index (χ0) is 14.8. The third kappa shape index (κ3) is 3.23. The molecule has 2 N–H and O–H groups in total. The Bertz CT molecular complexity index is 607. The molecule has 2 rings (SSSR count). The zero-order valence-corrected chi connectivity index (χ0v) is 11.3. The first-order chi connectivity index (χ1) is 9.40. The molecular weight excluding hydrogens is 289 g/mol. The van der Waals surface area contributed by atoms with Gasteiger partial charge in [0, 0.05) is 6.54 Å². The summed E-state index contributed by atoms with van der Waals surface area (Å²) in [6.07, 6.45) is 1.50. The molecular formula is C11H14FN3O4S. The minimum Gasteiger partial charge on any atom is -0.480 e. The fourth-order valence-electron chi connectivity index (χ4n) is 2.10. The van der Waals surface area contributed by atoms with E-state index >= 15 is 0 Å². The lowest BCUT2D eigenvalue weighted by Gasteiger charge is -2.31. The van der Waals surface area contributed by atoms with Gasteiger partial charge in [-0.05, 0) is 31.4 Å². The van der Waals surface area contributed by atoms with Crippen LogP contribution in [0.25, 0.3) is 0 Å². The molecule has 0 radical (unpaired) electrons. The van der Waals surface area contributed by atoms with Crippen molar-refractivity contribution < 1.29 is 22.7 Å². The standard InChI is InChI=1S/C11H14FN3O4S/c12-9-5-3-6-10(13-9)14-20(18,19)15-7-2-1-4-8(15)11(16)17/h3,5-6,8H,1-2,4,7H2,(H,13,14)(H,16,17). The number of nitrogens with zero attached hydrogens (tertiary/aromatic N) is 2. The van der Waals surface area contributed by atoms with Gasteiger partial charge in [-0.3, -0.25) is 9.52 Å². The van der Waals surface area contributed by atoms with Crippen LogP contribution in [0.4, 0.5) is 10.2 Å². The molecule has 110 valence electrons. The predicted molar refractivity (Wildman–Crippen MR) is 68.7 cm³/mol. The molecule has 0 saturated carbocycles. The average molecular weight is 303 g/mol. The van der Waals surface area contributed by atoms with E-state index in [9.17, 15) is 17.6 Å². The van der Waals surface area contributed by atoms with Crippen LogP contribution < -0.4 is 4.72 Å². The molecule has 1 aliphatic heterocycles. The molecule has 2 heterocycles. The highest BCUT2D eigenvalue weighted by Crippen LogP contribution is 2.21. The Hall–Kier alpha value is -1.74. The normalized spacial score (nSPS) is 20.6. The van der Waals surface area contributed by atoms with Gasteiger partial charge in [-0.25, -0.2) is 4.98 Å². The van der Waals surface area contributed by atoms with Gasteiger partial charge in [-0.15, -0.1) is 0 Å². The summed E-state index contributed by atoms with van der Waals surface area (Å²) in [7, 11) is -4.07. The summed E-state index contributed by atoms with van der Waals surface area (Å²) in [6, 6.07) is 2.58. The van der Waals surface area contributed by atoms with Crippen LogP contribution in [0, 0.1) is 5.95 Å². The van der Waals surface area contributed by atoms with Crippen molar-refractivity contribution in [2.24, 2.45) is 0 Å². The van der Waals surface area contributed by atoms with Crippen molar-refractivity contribution in [3.63, 3.8) is 0 Å². The molecule has 7 nitrogen and oxygen atoms in total. The van der Waals surface area contributed by atoms with E-state index in [1.54, 1.807) is 0 Å². The van der Waals surface area contributed by atoms with Gasteiger partial charge < -0.3 is 5.11 Å². The van der Waals surface area contributed by atoms with E-state index in [4.69, 9.17) is 5.11 Å². The minimum absolute atomic E-state index is 0.113. The minimum atomic E-state index is -4.07. The molecule has 9 heteroatoms. The number of pyridine rings is 1. The molecule has 1 aromatic heterocycles. The van der Waals surface area contributed by atoms with E-state index < -0.39 is 28.2 Å². The molecule has 0 spiro atoms. The highest BCUT2D eigenvalue weighted by atomic mass is 32.2. The first-order valence-electron chi connectivity index (χ1n) is 6.05. The number of aromatic nitrogens is 1. The molecule has 0 aromatic carbocycles. The second-order valence-corrected chi connectivity index (χ2v) is 6.04. The maximum atomic E-state index is 12.9. The van der Waals surface area contributed by atoms with Gasteiger partial charge in [-0.1, -0.05) is 6.07 Å². The van der Waals surface area contributed by atoms with Crippen molar-refractivity contribution >= 4 is 22.0 Å². The van der Waals surface area contributed by atoms with Crippen molar-refractivity contribution in [1.29, 1.82) is 0 Å². The quantitative estimate of drug-likeness (QED) is 0.802. The maximum Gasteiger partial charge on any atom is 0.322 e. The molecule has 0 bridgehead atoms. The predicted octanol–water partition coefficient (Wildman–Crippen LogP) is 0.816. The van der Waals surface area contributed by atoms with Crippen molar-refractivity contribution in [2.45, 2.75) is 25.3 Å². The molecule has 1 saturated heterocycles. The second-order valence-electron chi connectivity index (χ2n) is 4.41. The Labute approximate surface area is 115 Å². The SMILES string of the molecule is O=C(O)C1CCCCN1S(=O)(=O)Nc1cccc(F)n1. The van der Waals surface area contributed by atoms with Crippen LogP contribution in [0.3, 0.4) is 0 Å². The lowest BCUT2D eigenvalue weighted by molar-refractivity contribution is -0.142. The van der Waals surface area contributed by atoms with Gasteiger partial charge in [0.15, 0.2) is 0 Å². The van der Waals surface area contributed by atoms with E-state index in [-0.39, 0.29) is 18.8 Å². The summed E-state index contributed by atoms with van der Waals surface area (Å²) in [5.41, 5.74) is 0. The van der Waals surface area contributed by atoms with Gasteiger partial charge in [0.2, 0.25) is 5.95 Å². The van der Waals surface area contributed by atoms with E-state index in [1.807, 2.05) is 0 Å². The molecule has 1 unspecified atom stereocenters. The van der Waals surface area contributed by atoms with Gasteiger partial charge in [0.05, 0.1) is 0 Å². The van der Waals surface area contributed by atoms with Crippen molar-refractivity contribution in [2.75, 3.05) is 11.3 Å². The lowest BCUT2D eigenvalue weighted by Crippen LogP contribution is -2.50. The number of hydrogen-bond donors (Lipinski definition) is 2. The van der Waals surface area contributed by atoms with Crippen molar-refractivity contribution in [3.05, 3.63) is 24.1 Å². The first kappa shape index (κ1) is 14.7. The van der Waals surface area contributed by atoms with E-state index in [1.165, 1.54) is 12.1 Å². The third-order valence-electron chi connectivity index (χ3n) is 3.00. The number of carboxylic acids is 1. The molecule has 1 fully saturated rings. The van der Waals surface area contributed by atoms with E-state index in [0.29, 0.717) is 12.8 Å². The van der Waals surface area contributed by atoms with Gasteiger partial charge in [0.25, 0.3) is 0 Å². The average Bonchev–Trinajstić information content (AvgIpc) is 2.38. The number of piperidine rings is 1. The summed E-state index contributed by atoms with van der Waals surface area (Å²) < 4.78 is 40.3. The molecule has 1 aromatic rings. The van der Waals surface area contributed by atoms with Gasteiger partial charge in [0.1, 0.15) is 11.9 Å². The summed E-state index contributed by atoms with van der Waals surface area (Å²) in [5, 5.41) is 9.07. The molecule has 1 atom stereocenters. The number of carbonyl (C=O) groups is 1. The van der Waals surface area contributed by atoms with Crippen molar-refractivity contribution in [1.82, 2.24) is 9.29 Å². The second kappa shape index (κ2) is 5.71. The lowest BCUT2D eigenvalue weighted by atomic mass is 10.1. The highest BCUT2D eigenvalue weighted by Gasteiger charge is 2.36. The fraction of sp³-hybridized carbons (Fsp3) is 0.455. The van der Waals surface area contributed by atoms with Crippen LogP contribution in [0.5, 0.6) is 0 Å². The Kier molecular flexibility index (Phi) is 4.19. The van der Waals surface area contributed by atoms with Crippen LogP contribution in [-0.2, 0) is 15.0 Å². The highest BCUT2D eigenvalue weighted by molar-refractivity contribution is 7.90. The van der Waals surface area contributed by atoms with Crippen LogP contribution in [0.1, 0.15) is 19.3 Å². The van der Waals surface area contributed by atoms with Crippen molar-refractivity contribution in [3.8, 4) is 0 Å². The van der Waals surface area contributed by atoms with Crippen LogP contribution >= 0.6 is 0 Å². The van der Waals surface area contributed by atoms with E-state index in [2.05, 4.69) is 9.71 Å². The molecule has 1 aliphatic rings. The monoisotopic (exact) mass is 303 g/mol. The first-order valence-corrected chi connectivity index (χ1v) is 7.49. The largest absolute Gasteiger partial charge is 0.480 e. The van der Waals surface area contributed by atoms with Gasteiger partial charge in [-0.2, -0.15) is 17.1 Å². The summed E-state index contributed by atoms with van der Waals surface area (Å²) in [4.78, 5) is 14.5. The Morgan fingerprint density at radius 2 is 2.20 bits per heavy atom. The van der Waals surface area contributed by atoms with Crippen LogP contribution in [0.2, 0.25) is 0 Å². The smallest absolute Gasteiger partial charge is 0.322 e. The number of anilines is 1. The Balaban J connectivity index is 2.22. The Morgan fingerprint density at radius 3 is 2.85 bits per heavy atom. The van der Waals surface area contributed by atoms with Crippen LogP contribution in [0.15, 0.2) is 18.2 Å². The number of carboxylic acid groups (broad SMARTS) is 1. The summed E-state index contributed by atoms with van der Waals surface area (Å²) in [5.74, 6) is -2.19. The van der Waals surface area contributed by atoms with Gasteiger partial charge >= 0.3 is 16.2 Å². The van der Waals surface area contributed by atoms with E-state index in [0.717, 1.165) is 10.4 Å². The maximum absolute atomic E-state index is 12.9. The number of aliphatic carboxylic acids is 1. The Morgan fingerprint density at radius 1 is 1.45 bits per heavy atom. The number of halogens is 1. The molecule has 0 aliphatic carbocycles. The summed E-state index contributed by atoms with van der Waals surface area (Å²) in [6.45, 7) is 0.113. The fourth-order valence-corrected chi connectivity index (χ4v) is 3.49. The third-order valence-corrected chi connectivity index (χ3v) is 4.52. The van der Waals surface area contributed by atoms with Crippen LogP contribution in [-0.4, -0.2) is 41.4 Å². The number of nitrogens with one attached hydrogen (secondary N) is 1. The molecule has 0 amide bonds. The number of rotatable bonds is 4. The zero-order valence-electron chi connectivity index (χ0n) is 10.5. The number of hydrogen-bond acceptors (Lipinski definition) is 4. The summed E-state index contributed by atoms with van der Waals surface area (Å²) >= 11 is 0. The molecule has 20 heavy (non-hydrogen) atoms. The topological polar surface area (TPSA) is 99.6 Å².